The summed E-state index contributed by atoms with van der Waals surface area (Å²) in [6.45, 7) is 7.55. The van der Waals surface area contributed by atoms with Gasteiger partial charge in [-0.1, -0.05) is 22.0 Å². The summed E-state index contributed by atoms with van der Waals surface area (Å²) in [5, 5.41) is 22.9. The van der Waals surface area contributed by atoms with E-state index < -0.39 is 0 Å². The van der Waals surface area contributed by atoms with E-state index >= 15 is 0 Å². The van der Waals surface area contributed by atoms with Crippen LogP contribution in [0, 0.1) is 11.3 Å². The first kappa shape index (κ1) is 22.2. The molecule has 2 N–H and O–H groups in total. The summed E-state index contributed by atoms with van der Waals surface area (Å²) in [7, 11) is 0. The number of aromatic hydroxyl groups is 1. The molecule has 0 aliphatic carbocycles. The standard InChI is InChI=1S/C16H20BrN3O.2ClH/c1-2-3-4-14(20-9-7-19-8-10-20)15-13(17)6-5-12(11-18)16(15)21;;/h2,5-6,14,19,21H,1,3-4,7-10H2;2*1H/t14-;;/m0../s1. The summed E-state index contributed by atoms with van der Waals surface area (Å²) in [5.41, 5.74) is 1.14. The minimum Gasteiger partial charge on any atom is -0.506 e. The molecule has 0 amide bonds. The van der Waals surface area contributed by atoms with Gasteiger partial charge < -0.3 is 10.4 Å². The summed E-state index contributed by atoms with van der Waals surface area (Å²) in [5.74, 6) is 0.0967. The number of hydrogen-bond donors (Lipinski definition) is 2. The first-order valence-corrected chi connectivity index (χ1v) is 7.95. The van der Waals surface area contributed by atoms with Gasteiger partial charge in [-0.3, -0.25) is 4.90 Å². The number of rotatable bonds is 5. The molecule has 0 spiro atoms. The van der Waals surface area contributed by atoms with E-state index in [1.54, 1.807) is 6.07 Å². The van der Waals surface area contributed by atoms with Crippen molar-refractivity contribution >= 4 is 40.7 Å². The molecule has 1 aromatic rings. The molecule has 2 rings (SSSR count). The van der Waals surface area contributed by atoms with Crippen molar-refractivity contribution in [2.45, 2.75) is 18.9 Å². The van der Waals surface area contributed by atoms with Gasteiger partial charge in [-0.2, -0.15) is 5.26 Å². The SMILES string of the molecule is C=CCC[C@@H](c1c(Br)ccc(C#N)c1O)N1CCNCC1.Cl.Cl. The van der Waals surface area contributed by atoms with E-state index in [1.165, 1.54) is 0 Å². The number of allylic oxidation sites excluding steroid dienone is 1. The van der Waals surface area contributed by atoms with Gasteiger partial charge in [-0.15, -0.1) is 31.4 Å². The van der Waals surface area contributed by atoms with Crippen LogP contribution in [-0.4, -0.2) is 36.2 Å². The lowest BCUT2D eigenvalue weighted by Gasteiger charge is -2.36. The van der Waals surface area contributed by atoms with Gasteiger partial charge in [0.2, 0.25) is 0 Å². The number of hydrogen-bond acceptors (Lipinski definition) is 4. The molecule has 1 aliphatic rings. The number of nitrogens with zero attached hydrogens (tertiary/aromatic N) is 2. The van der Waals surface area contributed by atoms with Gasteiger partial charge in [0, 0.05) is 42.3 Å². The van der Waals surface area contributed by atoms with E-state index in [0.717, 1.165) is 49.1 Å². The quantitative estimate of drug-likeness (QED) is 0.708. The van der Waals surface area contributed by atoms with Crippen LogP contribution in [0.5, 0.6) is 5.75 Å². The van der Waals surface area contributed by atoms with Crippen LogP contribution in [-0.2, 0) is 0 Å². The third kappa shape index (κ3) is 5.37. The first-order valence-electron chi connectivity index (χ1n) is 7.16. The number of halogens is 3. The van der Waals surface area contributed by atoms with E-state index in [1.807, 2.05) is 12.1 Å². The molecule has 0 radical (unpaired) electrons. The van der Waals surface area contributed by atoms with E-state index in [0.29, 0.717) is 5.56 Å². The van der Waals surface area contributed by atoms with Crippen molar-refractivity contribution in [2.75, 3.05) is 26.2 Å². The Bertz CT molecular complexity index is 557. The molecule has 1 saturated heterocycles. The normalized spacial score (nSPS) is 15.7. The molecular weight excluding hydrogens is 401 g/mol. The smallest absolute Gasteiger partial charge is 0.139 e. The maximum atomic E-state index is 10.4. The van der Waals surface area contributed by atoms with Gasteiger partial charge in [0.15, 0.2) is 0 Å². The molecule has 0 saturated carbocycles. The summed E-state index contributed by atoms with van der Waals surface area (Å²) < 4.78 is 0.853. The molecule has 128 valence electrons. The largest absolute Gasteiger partial charge is 0.506 e. The lowest BCUT2D eigenvalue weighted by atomic mass is 9.96. The highest BCUT2D eigenvalue weighted by molar-refractivity contribution is 9.10. The first-order chi connectivity index (χ1) is 10.2. The highest BCUT2D eigenvalue weighted by Crippen LogP contribution is 2.39. The van der Waals surface area contributed by atoms with E-state index in [9.17, 15) is 5.11 Å². The van der Waals surface area contributed by atoms with Crippen LogP contribution in [0.2, 0.25) is 0 Å². The second-order valence-electron chi connectivity index (χ2n) is 5.14. The van der Waals surface area contributed by atoms with Gasteiger partial charge >= 0.3 is 0 Å². The van der Waals surface area contributed by atoms with Crippen molar-refractivity contribution in [3.8, 4) is 11.8 Å². The summed E-state index contributed by atoms with van der Waals surface area (Å²) in [4.78, 5) is 2.36. The molecule has 7 heteroatoms. The van der Waals surface area contributed by atoms with Crippen molar-refractivity contribution < 1.29 is 5.11 Å². The van der Waals surface area contributed by atoms with Gasteiger partial charge in [-0.05, 0) is 25.0 Å². The van der Waals surface area contributed by atoms with E-state index in [-0.39, 0.29) is 36.6 Å². The maximum absolute atomic E-state index is 10.4. The zero-order valence-corrected chi connectivity index (χ0v) is 16.0. The highest BCUT2D eigenvalue weighted by atomic mass is 79.9. The molecular formula is C16H22BrCl2N3O. The zero-order chi connectivity index (χ0) is 15.2. The zero-order valence-electron chi connectivity index (χ0n) is 12.8. The Labute approximate surface area is 158 Å². The summed E-state index contributed by atoms with van der Waals surface area (Å²) in [6, 6.07) is 5.63. The number of piperazine rings is 1. The van der Waals surface area contributed by atoms with Crippen LogP contribution in [0.25, 0.3) is 0 Å². The van der Waals surface area contributed by atoms with Crippen molar-refractivity contribution in [2.24, 2.45) is 0 Å². The van der Waals surface area contributed by atoms with Gasteiger partial charge in [-0.25, -0.2) is 0 Å². The molecule has 0 unspecified atom stereocenters. The van der Waals surface area contributed by atoms with Crippen molar-refractivity contribution in [1.82, 2.24) is 10.2 Å². The van der Waals surface area contributed by atoms with Crippen LogP contribution in [0.1, 0.15) is 30.0 Å². The van der Waals surface area contributed by atoms with Crippen molar-refractivity contribution in [3.05, 3.63) is 40.4 Å². The molecule has 0 bridgehead atoms. The Morgan fingerprint density at radius 2 is 2.04 bits per heavy atom. The fraction of sp³-hybridized carbons (Fsp3) is 0.438. The summed E-state index contributed by atoms with van der Waals surface area (Å²) in [6.07, 6.45) is 3.65. The topological polar surface area (TPSA) is 59.3 Å². The van der Waals surface area contributed by atoms with Crippen LogP contribution in [0.15, 0.2) is 29.3 Å². The van der Waals surface area contributed by atoms with Gasteiger partial charge in [0.1, 0.15) is 11.8 Å². The van der Waals surface area contributed by atoms with E-state index in [4.69, 9.17) is 5.26 Å². The Morgan fingerprint density at radius 3 is 2.61 bits per heavy atom. The highest BCUT2D eigenvalue weighted by Gasteiger charge is 2.27. The average molecular weight is 423 g/mol. The third-order valence-corrected chi connectivity index (χ3v) is 4.55. The molecule has 1 aromatic carbocycles. The number of phenolic OH excluding ortho intramolecular Hbond substituents is 1. The molecule has 1 heterocycles. The minimum absolute atomic E-state index is 0. The molecule has 4 nitrogen and oxygen atoms in total. The predicted molar refractivity (Wildman–Crippen MR) is 102 cm³/mol. The second kappa shape index (κ2) is 10.9. The van der Waals surface area contributed by atoms with Crippen molar-refractivity contribution in [1.29, 1.82) is 5.26 Å². The molecule has 1 fully saturated rings. The third-order valence-electron chi connectivity index (χ3n) is 3.85. The molecule has 1 aliphatic heterocycles. The number of phenols is 1. The molecule has 0 aromatic heterocycles. The Morgan fingerprint density at radius 1 is 1.39 bits per heavy atom. The van der Waals surface area contributed by atoms with E-state index in [2.05, 4.69) is 38.8 Å². The number of nitriles is 1. The second-order valence-corrected chi connectivity index (χ2v) is 5.99. The fourth-order valence-corrected chi connectivity index (χ4v) is 3.35. The van der Waals surface area contributed by atoms with Crippen LogP contribution in [0.3, 0.4) is 0 Å². The van der Waals surface area contributed by atoms with Gasteiger partial charge in [0.05, 0.1) is 5.56 Å². The van der Waals surface area contributed by atoms with Crippen LogP contribution >= 0.6 is 40.7 Å². The lowest BCUT2D eigenvalue weighted by Crippen LogP contribution is -2.45. The van der Waals surface area contributed by atoms with Crippen LogP contribution < -0.4 is 5.32 Å². The van der Waals surface area contributed by atoms with Crippen molar-refractivity contribution in [3.63, 3.8) is 0 Å². The number of benzene rings is 1. The van der Waals surface area contributed by atoms with Gasteiger partial charge in [0.25, 0.3) is 0 Å². The fourth-order valence-electron chi connectivity index (χ4n) is 2.77. The Hall–Kier alpha value is -0.770. The minimum atomic E-state index is 0. The molecule has 23 heavy (non-hydrogen) atoms. The van der Waals surface area contributed by atoms with Crippen LogP contribution in [0.4, 0.5) is 0 Å². The maximum Gasteiger partial charge on any atom is 0.139 e. The lowest BCUT2D eigenvalue weighted by molar-refractivity contribution is 0.163. The Kier molecular flexibility index (Phi) is 10.5. The molecule has 1 atom stereocenters. The predicted octanol–water partition coefficient (Wildman–Crippen LogP) is 3.78. The average Bonchev–Trinajstić information content (AvgIpc) is 2.51. The number of nitrogens with one attached hydrogen (secondary N) is 1. The summed E-state index contributed by atoms with van der Waals surface area (Å²) >= 11 is 3.53. The monoisotopic (exact) mass is 421 g/mol. The Balaban J connectivity index is 0.00000242.